The van der Waals surface area contributed by atoms with Gasteiger partial charge in [0.25, 0.3) is 0 Å². The summed E-state index contributed by atoms with van der Waals surface area (Å²) in [5.41, 5.74) is 4.42. The minimum atomic E-state index is -4.29. The van der Waals surface area contributed by atoms with Crippen LogP contribution in [0.1, 0.15) is 33.3 Å². The largest absolute Gasteiger partial charge is 0.506 e. The van der Waals surface area contributed by atoms with Crippen LogP contribution in [0.3, 0.4) is 0 Å². The van der Waals surface area contributed by atoms with Crippen LogP contribution in [0, 0.1) is 6.92 Å². The highest BCUT2D eigenvalue weighted by molar-refractivity contribution is 7.86. The number of pyridine rings is 1. The molecule has 0 aliphatic carbocycles. The number of phenols is 1. The average molecular weight is 521 g/mol. The first-order chi connectivity index (χ1) is 17.5. The van der Waals surface area contributed by atoms with Crippen molar-refractivity contribution in [1.82, 2.24) is 4.98 Å². The average Bonchev–Trinajstić information content (AvgIpc) is 2.84. The molecule has 0 radical (unpaired) electrons. The maximum atomic E-state index is 12.9. The fourth-order valence-corrected chi connectivity index (χ4v) is 5.44. The molecule has 0 amide bonds. The number of fused-ring (bicyclic) bond motifs is 1. The van der Waals surface area contributed by atoms with E-state index in [4.69, 9.17) is 13.9 Å². The Balaban J connectivity index is 1.59. The molecule has 3 aromatic carbocycles. The van der Waals surface area contributed by atoms with E-state index in [2.05, 4.69) is 43.0 Å². The summed E-state index contributed by atoms with van der Waals surface area (Å²) in [6.45, 7) is 10.9. The standard InChI is InChI=1S/C29H32N2O5S/c1-6-31(7-2)22-14-12-21(13-15-22)24-17-16-23-25(30-24)9-8-10-27(23)35-29(4,5)36-37(33,34)28-18-11-20(3)19-26(28)32/h8-19,32H,6-7H2,1-5H3. The SMILES string of the molecule is CCN(CC)c1ccc(-c2ccc3c(OC(C)(C)OS(=O)(=O)c4ccc(C)cc4O)cccc3n2)cc1. The van der Waals surface area contributed by atoms with Gasteiger partial charge in [-0.2, -0.15) is 8.42 Å². The molecule has 0 saturated carbocycles. The summed E-state index contributed by atoms with van der Waals surface area (Å²) in [6.07, 6.45) is 0. The lowest BCUT2D eigenvalue weighted by Crippen LogP contribution is -2.34. The summed E-state index contributed by atoms with van der Waals surface area (Å²) >= 11 is 0. The second-order valence-electron chi connectivity index (χ2n) is 9.25. The van der Waals surface area contributed by atoms with E-state index in [0.717, 1.165) is 35.3 Å². The van der Waals surface area contributed by atoms with Gasteiger partial charge >= 0.3 is 10.1 Å². The molecule has 0 aliphatic rings. The van der Waals surface area contributed by atoms with E-state index in [1.165, 1.54) is 31.7 Å². The van der Waals surface area contributed by atoms with Gasteiger partial charge in [0.1, 0.15) is 16.4 Å². The molecule has 0 aliphatic heterocycles. The second kappa shape index (κ2) is 10.4. The van der Waals surface area contributed by atoms with Gasteiger partial charge < -0.3 is 14.7 Å². The number of hydrogen-bond acceptors (Lipinski definition) is 7. The second-order valence-corrected chi connectivity index (χ2v) is 10.8. The van der Waals surface area contributed by atoms with Gasteiger partial charge in [-0.05, 0) is 74.9 Å². The number of aromatic hydroxyl groups is 1. The number of phenolic OH excluding ortho intramolecular Hbond substituents is 1. The third-order valence-electron chi connectivity index (χ3n) is 6.03. The molecule has 7 nitrogen and oxygen atoms in total. The maximum Gasteiger partial charge on any atom is 0.304 e. The molecular weight excluding hydrogens is 488 g/mol. The van der Waals surface area contributed by atoms with Crippen molar-refractivity contribution >= 4 is 26.7 Å². The Labute approximate surface area is 218 Å². The Morgan fingerprint density at radius 3 is 2.30 bits per heavy atom. The van der Waals surface area contributed by atoms with Crippen molar-refractivity contribution in [2.24, 2.45) is 0 Å². The van der Waals surface area contributed by atoms with Gasteiger partial charge in [0, 0.05) is 43.6 Å². The fraction of sp³-hybridized carbons (Fsp3) is 0.276. The first-order valence-electron chi connectivity index (χ1n) is 12.2. The van der Waals surface area contributed by atoms with Gasteiger partial charge in [-0.3, -0.25) is 0 Å². The van der Waals surface area contributed by atoms with Crippen molar-refractivity contribution < 1.29 is 22.4 Å². The molecule has 8 heteroatoms. The molecule has 0 bridgehead atoms. The molecule has 4 aromatic rings. The zero-order chi connectivity index (χ0) is 26.8. The molecule has 1 heterocycles. The number of nitrogens with zero attached hydrogens (tertiary/aromatic N) is 2. The van der Waals surface area contributed by atoms with Gasteiger partial charge in [0.2, 0.25) is 5.79 Å². The Kier molecular flexibility index (Phi) is 7.43. The quantitative estimate of drug-likeness (QED) is 0.205. The van der Waals surface area contributed by atoms with Crippen LogP contribution >= 0.6 is 0 Å². The van der Waals surface area contributed by atoms with Gasteiger partial charge in [-0.1, -0.05) is 24.3 Å². The Bertz CT molecular complexity index is 1510. The summed E-state index contributed by atoms with van der Waals surface area (Å²) in [5, 5.41) is 10.9. The van der Waals surface area contributed by atoms with Crippen LogP contribution in [0.4, 0.5) is 5.69 Å². The van der Waals surface area contributed by atoms with Gasteiger partial charge in [0.15, 0.2) is 0 Å². The molecular formula is C29H32N2O5S. The Morgan fingerprint density at radius 1 is 0.946 bits per heavy atom. The molecule has 37 heavy (non-hydrogen) atoms. The highest BCUT2D eigenvalue weighted by Gasteiger charge is 2.32. The maximum absolute atomic E-state index is 12.9. The van der Waals surface area contributed by atoms with Crippen LogP contribution in [-0.4, -0.2) is 37.4 Å². The van der Waals surface area contributed by atoms with Gasteiger partial charge in [0.05, 0.1) is 11.2 Å². The van der Waals surface area contributed by atoms with E-state index < -0.39 is 15.9 Å². The summed E-state index contributed by atoms with van der Waals surface area (Å²) < 4.78 is 37.1. The third kappa shape index (κ3) is 5.87. The predicted octanol–water partition coefficient (Wildman–Crippen LogP) is 6.28. The monoisotopic (exact) mass is 520 g/mol. The number of anilines is 1. The van der Waals surface area contributed by atoms with Crippen molar-refractivity contribution in [2.75, 3.05) is 18.0 Å². The van der Waals surface area contributed by atoms with Crippen LogP contribution in [0.2, 0.25) is 0 Å². The number of rotatable bonds is 9. The Hall–Kier alpha value is -3.62. The number of aryl methyl sites for hydroxylation is 1. The lowest BCUT2D eigenvalue weighted by Gasteiger charge is -2.26. The Morgan fingerprint density at radius 2 is 1.65 bits per heavy atom. The van der Waals surface area contributed by atoms with Crippen molar-refractivity contribution in [2.45, 2.75) is 45.3 Å². The topological polar surface area (TPSA) is 89.0 Å². The summed E-state index contributed by atoms with van der Waals surface area (Å²) in [7, 11) is -4.29. The zero-order valence-electron chi connectivity index (χ0n) is 21.7. The van der Waals surface area contributed by atoms with Crippen LogP contribution in [0.5, 0.6) is 11.5 Å². The van der Waals surface area contributed by atoms with Gasteiger partial charge in [-0.15, -0.1) is 0 Å². The fourth-order valence-electron chi connectivity index (χ4n) is 4.24. The van der Waals surface area contributed by atoms with Gasteiger partial charge in [-0.25, -0.2) is 9.17 Å². The van der Waals surface area contributed by atoms with E-state index in [-0.39, 0.29) is 10.6 Å². The zero-order valence-corrected chi connectivity index (χ0v) is 22.5. The number of ether oxygens (including phenoxy) is 1. The minimum absolute atomic E-state index is 0.314. The van der Waals surface area contributed by atoms with E-state index >= 15 is 0 Å². The van der Waals surface area contributed by atoms with Crippen LogP contribution in [-0.2, 0) is 14.3 Å². The third-order valence-corrected chi connectivity index (χ3v) is 7.54. The van der Waals surface area contributed by atoms with Crippen LogP contribution in [0.15, 0.2) is 77.7 Å². The lowest BCUT2D eigenvalue weighted by atomic mass is 10.1. The molecule has 0 saturated heterocycles. The number of aromatic nitrogens is 1. The molecule has 1 N–H and O–H groups in total. The lowest BCUT2D eigenvalue weighted by molar-refractivity contribution is -0.0750. The van der Waals surface area contributed by atoms with Crippen molar-refractivity contribution in [1.29, 1.82) is 0 Å². The predicted molar refractivity (Wildman–Crippen MR) is 147 cm³/mol. The molecule has 194 valence electrons. The highest BCUT2D eigenvalue weighted by Crippen LogP contribution is 2.33. The first kappa shape index (κ1) is 26.4. The van der Waals surface area contributed by atoms with Crippen molar-refractivity contribution in [3.8, 4) is 22.8 Å². The molecule has 4 rings (SSSR count). The van der Waals surface area contributed by atoms with Crippen molar-refractivity contribution in [3.63, 3.8) is 0 Å². The summed E-state index contributed by atoms with van der Waals surface area (Å²) in [6, 6.07) is 21.8. The van der Waals surface area contributed by atoms with E-state index in [9.17, 15) is 13.5 Å². The van der Waals surface area contributed by atoms with Crippen molar-refractivity contribution in [3.05, 3.63) is 78.4 Å². The number of benzene rings is 3. The minimum Gasteiger partial charge on any atom is -0.506 e. The smallest absolute Gasteiger partial charge is 0.304 e. The highest BCUT2D eigenvalue weighted by atomic mass is 32.2. The van der Waals surface area contributed by atoms with Crippen LogP contribution in [0.25, 0.3) is 22.2 Å². The van der Waals surface area contributed by atoms with Crippen LogP contribution < -0.4 is 9.64 Å². The molecule has 0 spiro atoms. The summed E-state index contributed by atoms with van der Waals surface area (Å²) in [5.74, 6) is -1.49. The normalized spacial score (nSPS) is 12.0. The van der Waals surface area contributed by atoms with E-state index in [1.54, 1.807) is 25.1 Å². The first-order valence-corrected chi connectivity index (χ1v) is 13.6. The summed E-state index contributed by atoms with van der Waals surface area (Å²) in [4.78, 5) is 6.78. The molecule has 0 unspecified atom stereocenters. The van der Waals surface area contributed by atoms with E-state index in [1.807, 2.05) is 18.2 Å². The number of hydrogen-bond donors (Lipinski definition) is 1. The molecule has 0 fully saturated rings. The molecule has 0 atom stereocenters. The van der Waals surface area contributed by atoms with E-state index in [0.29, 0.717) is 11.3 Å². The molecule has 1 aromatic heterocycles.